The minimum absolute atomic E-state index is 0.0340. The van der Waals surface area contributed by atoms with Crippen LogP contribution < -0.4 is 4.74 Å². The van der Waals surface area contributed by atoms with Crippen molar-refractivity contribution in [2.75, 3.05) is 0 Å². The number of carbonyl (C=O) groups excluding carboxylic acids is 1. The van der Waals surface area contributed by atoms with Crippen LogP contribution in [0.4, 0.5) is 0 Å². The Hall–Kier alpha value is -1.71. The molecule has 18 heavy (non-hydrogen) atoms. The van der Waals surface area contributed by atoms with Gasteiger partial charge in [-0.25, -0.2) is 4.79 Å². The lowest BCUT2D eigenvalue weighted by Gasteiger charge is -2.07. The normalized spacial score (nSPS) is 10.1. The second kappa shape index (κ2) is 5.29. The Morgan fingerprint density at radius 1 is 1.06 bits per heavy atom. The first kappa shape index (κ1) is 12.7. The van der Waals surface area contributed by atoms with Crippen molar-refractivity contribution in [2.45, 2.75) is 0 Å². The summed E-state index contributed by atoms with van der Waals surface area (Å²) < 4.78 is 5.08. The van der Waals surface area contributed by atoms with Crippen LogP contribution in [0.3, 0.4) is 0 Å². The Labute approximate surface area is 114 Å². The lowest BCUT2D eigenvalue weighted by molar-refractivity contribution is 0.0731. The molecule has 0 spiro atoms. The molecule has 1 N–H and O–H groups in total. The zero-order valence-corrected chi connectivity index (χ0v) is 10.6. The lowest BCUT2D eigenvalue weighted by atomic mass is 10.2. The third-order valence-corrected chi connectivity index (χ3v) is 3.04. The van der Waals surface area contributed by atoms with Gasteiger partial charge in [0.1, 0.15) is 22.1 Å². The van der Waals surface area contributed by atoms with Gasteiger partial charge in [0.25, 0.3) is 0 Å². The molecule has 0 saturated carbocycles. The van der Waals surface area contributed by atoms with Crippen molar-refractivity contribution in [3.05, 3.63) is 58.1 Å². The standard InChI is InChI=1S/C13H8Cl2O3/c14-10-7-6-9(12(16)11(10)15)13(17)18-8-4-2-1-3-5-8/h1-7,16H. The number of rotatable bonds is 2. The summed E-state index contributed by atoms with van der Waals surface area (Å²) in [6.07, 6.45) is 0. The maximum atomic E-state index is 11.8. The van der Waals surface area contributed by atoms with E-state index in [0.717, 1.165) is 0 Å². The number of esters is 1. The van der Waals surface area contributed by atoms with Crippen LogP contribution >= 0.6 is 23.2 Å². The van der Waals surface area contributed by atoms with Crippen LogP contribution in [0.2, 0.25) is 10.0 Å². The molecule has 0 aliphatic heterocycles. The Morgan fingerprint density at radius 3 is 2.39 bits per heavy atom. The molecule has 0 unspecified atom stereocenters. The number of aromatic hydroxyl groups is 1. The first-order chi connectivity index (χ1) is 8.59. The smallest absolute Gasteiger partial charge is 0.347 e. The SMILES string of the molecule is O=C(Oc1ccccc1)c1ccc(Cl)c(Cl)c1O. The molecule has 5 heteroatoms. The third-order valence-electron chi connectivity index (χ3n) is 2.24. The summed E-state index contributed by atoms with van der Waals surface area (Å²) in [7, 11) is 0. The Bertz CT molecular complexity index is 582. The van der Waals surface area contributed by atoms with E-state index in [2.05, 4.69) is 0 Å². The average Bonchev–Trinajstić information content (AvgIpc) is 2.37. The van der Waals surface area contributed by atoms with Gasteiger partial charge in [-0.1, -0.05) is 41.4 Å². The monoisotopic (exact) mass is 282 g/mol. The molecule has 2 aromatic rings. The second-order valence-corrected chi connectivity index (χ2v) is 4.25. The van der Waals surface area contributed by atoms with Crippen LogP contribution in [0.5, 0.6) is 11.5 Å². The number of benzene rings is 2. The summed E-state index contributed by atoms with van der Waals surface area (Å²) in [4.78, 5) is 11.8. The largest absolute Gasteiger partial charge is 0.505 e. The van der Waals surface area contributed by atoms with Crippen molar-refractivity contribution < 1.29 is 14.6 Å². The van der Waals surface area contributed by atoms with Gasteiger partial charge in [0.2, 0.25) is 0 Å². The van der Waals surface area contributed by atoms with Crippen molar-refractivity contribution in [1.29, 1.82) is 0 Å². The van der Waals surface area contributed by atoms with Gasteiger partial charge in [-0.15, -0.1) is 0 Å². The first-order valence-electron chi connectivity index (χ1n) is 5.04. The number of halogens is 2. The van der Waals surface area contributed by atoms with Crippen LogP contribution in [-0.2, 0) is 0 Å². The topological polar surface area (TPSA) is 46.5 Å². The molecule has 0 aliphatic rings. The van der Waals surface area contributed by atoms with E-state index in [9.17, 15) is 9.90 Å². The van der Waals surface area contributed by atoms with E-state index in [0.29, 0.717) is 5.75 Å². The third kappa shape index (κ3) is 2.58. The second-order valence-electron chi connectivity index (χ2n) is 3.46. The molecule has 0 aliphatic carbocycles. The minimum atomic E-state index is -0.697. The van der Waals surface area contributed by atoms with E-state index in [1.165, 1.54) is 12.1 Å². The van der Waals surface area contributed by atoms with Crippen LogP contribution in [0.1, 0.15) is 10.4 Å². The maximum Gasteiger partial charge on any atom is 0.347 e. The highest BCUT2D eigenvalue weighted by Gasteiger charge is 2.17. The molecule has 0 atom stereocenters. The number of para-hydroxylation sites is 1. The molecule has 0 aromatic heterocycles. The van der Waals surface area contributed by atoms with E-state index < -0.39 is 5.97 Å². The summed E-state index contributed by atoms with van der Waals surface area (Å²) in [6, 6.07) is 11.3. The molecular formula is C13H8Cl2O3. The van der Waals surface area contributed by atoms with E-state index in [-0.39, 0.29) is 21.4 Å². The zero-order valence-electron chi connectivity index (χ0n) is 9.06. The number of hydrogen-bond acceptors (Lipinski definition) is 3. The maximum absolute atomic E-state index is 11.8. The first-order valence-corrected chi connectivity index (χ1v) is 5.79. The molecule has 3 nitrogen and oxygen atoms in total. The fourth-order valence-corrected chi connectivity index (χ4v) is 1.67. The predicted molar refractivity (Wildman–Crippen MR) is 69.5 cm³/mol. The zero-order chi connectivity index (χ0) is 13.1. The van der Waals surface area contributed by atoms with E-state index >= 15 is 0 Å². The predicted octanol–water partition coefficient (Wildman–Crippen LogP) is 3.92. The van der Waals surface area contributed by atoms with E-state index in [4.69, 9.17) is 27.9 Å². The van der Waals surface area contributed by atoms with Gasteiger partial charge in [-0.2, -0.15) is 0 Å². The summed E-state index contributed by atoms with van der Waals surface area (Å²) in [5.74, 6) is -0.699. The van der Waals surface area contributed by atoms with E-state index in [1.807, 2.05) is 0 Å². The van der Waals surface area contributed by atoms with Crippen LogP contribution in [-0.4, -0.2) is 11.1 Å². The highest BCUT2D eigenvalue weighted by Crippen LogP contribution is 2.34. The molecule has 0 radical (unpaired) electrons. The average molecular weight is 283 g/mol. The van der Waals surface area contributed by atoms with Crippen molar-refractivity contribution in [2.24, 2.45) is 0 Å². The molecule has 0 bridgehead atoms. The van der Waals surface area contributed by atoms with Gasteiger partial charge in [-0.3, -0.25) is 0 Å². The van der Waals surface area contributed by atoms with Gasteiger partial charge in [0.15, 0.2) is 0 Å². The Morgan fingerprint density at radius 2 is 1.72 bits per heavy atom. The molecule has 0 fully saturated rings. The number of phenolic OH excluding ortho intramolecular Hbond substituents is 1. The van der Waals surface area contributed by atoms with Gasteiger partial charge >= 0.3 is 5.97 Å². The lowest BCUT2D eigenvalue weighted by Crippen LogP contribution is -2.08. The minimum Gasteiger partial charge on any atom is -0.505 e. The molecule has 2 aromatic carbocycles. The van der Waals surface area contributed by atoms with Crippen molar-refractivity contribution in [3.8, 4) is 11.5 Å². The highest BCUT2D eigenvalue weighted by molar-refractivity contribution is 6.43. The number of phenols is 1. The highest BCUT2D eigenvalue weighted by atomic mass is 35.5. The summed E-state index contributed by atoms with van der Waals surface area (Å²) >= 11 is 11.4. The Balaban J connectivity index is 2.28. The van der Waals surface area contributed by atoms with Crippen molar-refractivity contribution >= 4 is 29.2 Å². The molecular weight excluding hydrogens is 275 g/mol. The Kier molecular flexibility index (Phi) is 3.75. The van der Waals surface area contributed by atoms with E-state index in [1.54, 1.807) is 30.3 Å². The van der Waals surface area contributed by atoms with Gasteiger partial charge in [0, 0.05) is 0 Å². The summed E-state index contributed by atoms with van der Waals surface area (Å²) in [6.45, 7) is 0. The van der Waals surface area contributed by atoms with Gasteiger partial charge in [-0.05, 0) is 24.3 Å². The number of carbonyl (C=O) groups is 1. The van der Waals surface area contributed by atoms with Crippen LogP contribution in [0.15, 0.2) is 42.5 Å². The molecule has 92 valence electrons. The van der Waals surface area contributed by atoms with Crippen molar-refractivity contribution in [3.63, 3.8) is 0 Å². The van der Waals surface area contributed by atoms with Crippen LogP contribution in [0, 0.1) is 0 Å². The quantitative estimate of drug-likeness (QED) is 0.671. The molecule has 0 heterocycles. The number of ether oxygens (including phenoxy) is 1. The van der Waals surface area contributed by atoms with Gasteiger partial charge < -0.3 is 9.84 Å². The summed E-state index contributed by atoms with van der Waals surface area (Å²) in [5, 5.41) is 9.81. The molecule has 0 saturated heterocycles. The van der Waals surface area contributed by atoms with Gasteiger partial charge in [0.05, 0.1) is 5.02 Å². The van der Waals surface area contributed by atoms with Crippen LogP contribution in [0.25, 0.3) is 0 Å². The molecule has 2 rings (SSSR count). The van der Waals surface area contributed by atoms with Crippen molar-refractivity contribution in [1.82, 2.24) is 0 Å². The number of hydrogen-bond donors (Lipinski definition) is 1. The fourth-order valence-electron chi connectivity index (χ4n) is 1.36. The summed E-state index contributed by atoms with van der Waals surface area (Å²) in [5.41, 5.74) is -0.0340. The molecule has 0 amide bonds. The fraction of sp³-hybridized carbons (Fsp3) is 0.